The maximum atomic E-state index is 13.9. The summed E-state index contributed by atoms with van der Waals surface area (Å²) in [4.78, 5) is 4.62. The van der Waals surface area contributed by atoms with Gasteiger partial charge in [0.05, 0.1) is 15.4 Å². The van der Waals surface area contributed by atoms with Crippen LogP contribution in [0, 0.1) is 17.5 Å². The lowest BCUT2D eigenvalue weighted by Gasteiger charge is -2.11. The molecule has 2 aromatic rings. The molecule has 5 N–H and O–H groups in total. The number of halogens is 1. The van der Waals surface area contributed by atoms with Crippen LogP contribution in [0.3, 0.4) is 0 Å². The standard InChI is InChI=1S/C19H22FN5OS/c1-4-5-18(24-17-12-13(2)6-11-16(17)20)25-19(21)23-14-7-9-15(10-8-14)27(3,22)26/h4-12,22,24H,1H2,2-3H3,(H3,21,23,25)/b18-5-. The van der Waals surface area contributed by atoms with Crippen molar-refractivity contribution < 1.29 is 8.60 Å². The second-order valence-corrected chi connectivity index (χ2v) is 8.04. The van der Waals surface area contributed by atoms with E-state index in [4.69, 9.17) is 10.5 Å². The second-order valence-electron chi connectivity index (χ2n) is 5.89. The van der Waals surface area contributed by atoms with Gasteiger partial charge in [-0.15, -0.1) is 0 Å². The van der Waals surface area contributed by atoms with Crippen molar-refractivity contribution in [3.8, 4) is 0 Å². The smallest absolute Gasteiger partial charge is 0.199 e. The summed E-state index contributed by atoms with van der Waals surface area (Å²) in [6.07, 6.45) is 4.42. The zero-order valence-electron chi connectivity index (χ0n) is 15.1. The molecular weight excluding hydrogens is 365 g/mol. The average Bonchev–Trinajstić information content (AvgIpc) is 2.58. The van der Waals surface area contributed by atoms with Gasteiger partial charge in [-0.2, -0.15) is 4.99 Å². The molecule has 0 aliphatic carbocycles. The Morgan fingerprint density at radius 3 is 2.52 bits per heavy atom. The number of allylic oxidation sites excluding steroid dienone is 2. The molecule has 0 heterocycles. The Balaban J connectivity index is 2.18. The van der Waals surface area contributed by atoms with Crippen molar-refractivity contribution in [2.24, 2.45) is 10.7 Å². The number of nitrogens with one attached hydrogen (secondary N) is 3. The topological polar surface area (TPSA) is 103 Å². The lowest BCUT2D eigenvalue weighted by atomic mass is 10.2. The Bertz CT molecular complexity index is 995. The molecule has 0 bridgehead atoms. The molecule has 0 amide bonds. The molecule has 0 aliphatic rings. The summed E-state index contributed by atoms with van der Waals surface area (Å²) in [6.45, 7) is 5.48. The van der Waals surface area contributed by atoms with Gasteiger partial charge in [-0.3, -0.25) is 0 Å². The van der Waals surface area contributed by atoms with Gasteiger partial charge in [-0.05, 0) is 55.0 Å². The number of benzene rings is 2. The Labute approximate surface area is 158 Å². The Hall–Kier alpha value is -3.13. The molecule has 0 saturated carbocycles. The summed E-state index contributed by atoms with van der Waals surface area (Å²) in [5.74, 6) is -0.0372. The van der Waals surface area contributed by atoms with Crippen LogP contribution < -0.4 is 16.4 Å². The maximum Gasteiger partial charge on any atom is 0.199 e. The number of anilines is 2. The van der Waals surface area contributed by atoms with Gasteiger partial charge in [0, 0.05) is 16.8 Å². The van der Waals surface area contributed by atoms with E-state index in [0.29, 0.717) is 16.4 Å². The molecule has 0 saturated heterocycles. The van der Waals surface area contributed by atoms with E-state index in [1.54, 1.807) is 42.5 Å². The van der Waals surface area contributed by atoms with Crippen molar-refractivity contribution >= 4 is 27.1 Å². The lowest BCUT2D eigenvalue weighted by molar-refractivity contribution is 0.631. The molecule has 0 aliphatic heterocycles. The Morgan fingerprint density at radius 2 is 1.93 bits per heavy atom. The first-order chi connectivity index (χ1) is 12.7. The summed E-state index contributed by atoms with van der Waals surface area (Å²) >= 11 is 0. The molecular formula is C19H22FN5OS. The van der Waals surface area contributed by atoms with Crippen molar-refractivity contribution in [3.05, 3.63) is 78.4 Å². The van der Waals surface area contributed by atoms with Gasteiger partial charge in [0.1, 0.15) is 11.6 Å². The minimum absolute atomic E-state index is 0.0690. The first-order valence-electron chi connectivity index (χ1n) is 8.00. The van der Waals surface area contributed by atoms with E-state index in [9.17, 15) is 8.60 Å². The first-order valence-corrected chi connectivity index (χ1v) is 9.96. The van der Waals surface area contributed by atoms with Crippen LogP contribution in [0.1, 0.15) is 5.56 Å². The van der Waals surface area contributed by atoms with E-state index in [2.05, 4.69) is 22.2 Å². The fourth-order valence-electron chi connectivity index (χ4n) is 2.19. The molecule has 1 atom stereocenters. The summed E-state index contributed by atoms with van der Waals surface area (Å²) < 4.78 is 33.2. The molecule has 6 nitrogen and oxygen atoms in total. The van der Waals surface area contributed by atoms with Crippen molar-refractivity contribution in [2.45, 2.75) is 11.8 Å². The number of aryl methyl sites for hydroxylation is 1. The molecule has 0 fully saturated rings. The number of guanidine groups is 1. The van der Waals surface area contributed by atoms with Crippen LogP contribution in [0.15, 0.2) is 76.9 Å². The molecule has 8 heteroatoms. The number of hydrogen-bond acceptors (Lipinski definition) is 4. The van der Waals surface area contributed by atoms with Gasteiger partial charge in [0.2, 0.25) is 0 Å². The Morgan fingerprint density at radius 1 is 1.26 bits per heavy atom. The SMILES string of the molecule is C=C/C=C(\N=C(/N)Nc1ccc(S(C)(=N)=O)cc1)Nc1cc(C)ccc1F. The monoisotopic (exact) mass is 387 g/mol. The molecule has 0 aromatic heterocycles. The number of nitrogens with zero attached hydrogens (tertiary/aromatic N) is 1. The summed E-state index contributed by atoms with van der Waals surface area (Å²) in [6, 6.07) is 11.2. The zero-order valence-corrected chi connectivity index (χ0v) is 15.9. The average molecular weight is 387 g/mol. The van der Waals surface area contributed by atoms with Gasteiger partial charge >= 0.3 is 0 Å². The number of nitrogens with two attached hydrogens (primary N) is 1. The molecule has 142 valence electrons. The van der Waals surface area contributed by atoms with E-state index in [-0.39, 0.29) is 11.6 Å². The van der Waals surface area contributed by atoms with Gasteiger partial charge in [-0.1, -0.05) is 18.7 Å². The van der Waals surface area contributed by atoms with Crippen LogP contribution in [0.25, 0.3) is 0 Å². The van der Waals surface area contributed by atoms with Gasteiger partial charge in [0.15, 0.2) is 5.96 Å². The van der Waals surface area contributed by atoms with Crippen molar-refractivity contribution in [1.82, 2.24) is 0 Å². The van der Waals surface area contributed by atoms with E-state index >= 15 is 0 Å². The van der Waals surface area contributed by atoms with Gasteiger partial charge in [-0.25, -0.2) is 13.4 Å². The first kappa shape index (κ1) is 20.2. The summed E-state index contributed by atoms with van der Waals surface area (Å²) in [5, 5.41) is 5.77. The largest absolute Gasteiger partial charge is 0.369 e. The van der Waals surface area contributed by atoms with Crippen molar-refractivity contribution in [2.75, 3.05) is 16.9 Å². The van der Waals surface area contributed by atoms with Crippen molar-refractivity contribution in [1.29, 1.82) is 4.78 Å². The lowest BCUT2D eigenvalue weighted by Crippen LogP contribution is -2.23. The minimum Gasteiger partial charge on any atom is -0.369 e. The molecule has 27 heavy (non-hydrogen) atoms. The normalized spacial score (nSPS) is 14.3. The third-order valence-corrected chi connectivity index (χ3v) is 4.65. The van der Waals surface area contributed by atoms with Gasteiger partial charge < -0.3 is 16.4 Å². The third kappa shape index (κ3) is 5.96. The number of rotatable bonds is 6. The molecule has 2 rings (SSSR count). The highest BCUT2D eigenvalue weighted by molar-refractivity contribution is 7.91. The maximum absolute atomic E-state index is 13.9. The van der Waals surface area contributed by atoms with Crippen LogP contribution in [0.2, 0.25) is 0 Å². The van der Waals surface area contributed by atoms with Crippen LogP contribution in [0.5, 0.6) is 0 Å². The highest BCUT2D eigenvalue weighted by atomic mass is 32.2. The zero-order chi connectivity index (χ0) is 20.0. The van der Waals surface area contributed by atoms with Gasteiger partial charge in [0.25, 0.3) is 0 Å². The fourth-order valence-corrected chi connectivity index (χ4v) is 2.85. The van der Waals surface area contributed by atoms with E-state index in [0.717, 1.165) is 5.56 Å². The highest BCUT2D eigenvalue weighted by Crippen LogP contribution is 2.18. The Kier molecular flexibility index (Phi) is 6.36. The molecule has 0 radical (unpaired) electrons. The van der Waals surface area contributed by atoms with E-state index < -0.39 is 15.5 Å². The van der Waals surface area contributed by atoms with E-state index in [1.165, 1.54) is 18.4 Å². The second kappa shape index (κ2) is 8.50. The van der Waals surface area contributed by atoms with Crippen LogP contribution >= 0.6 is 0 Å². The van der Waals surface area contributed by atoms with E-state index in [1.807, 2.05) is 6.92 Å². The third-order valence-electron chi connectivity index (χ3n) is 3.48. The fraction of sp³-hybridized carbons (Fsp3) is 0.105. The summed E-state index contributed by atoms with van der Waals surface area (Å²) in [5.41, 5.74) is 7.71. The minimum atomic E-state index is -2.77. The van der Waals surface area contributed by atoms with Crippen molar-refractivity contribution in [3.63, 3.8) is 0 Å². The summed E-state index contributed by atoms with van der Waals surface area (Å²) in [7, 11) is -2.77. The quantitative estimate of drug-likeness (QED) is 0.341. The highest BCUT2D eigenvalue weighted by Gasteiger charge is 2.06. The van der Waals surface area contributed by atoms with Crippen LogP contribution in [0.4, 0.5) is 15.8 Å². The molecule has 1 unspecified atom stereocenters. The predicted octanol–water partition coefficient (Wildman–Crippen LogP) is 4.04. The number of hydrogen-bond donors (Lipinski definition) is 4. The molecule has 2 aromatic carbocycles. The van der Waals surface area contributed by atoms with Crippen LogP contribution in [-0.2, 0) is 9.73 Å². The predicted molar refractivity (Wildman–Crippen MR) is 110 cm³/mol. The van der Waals surface area contributed by atoms with Crippen LogP contribution in [-0.4, -0.2) is 16.4 Å². The number of aliphatic imine (C=N–C) groups is 1. The molecule has 0 spiro atoms.